The standard InChI is InChI=1S/3C29H32O13/c3*1-11-36-9-20-27(40-11)24(31)25(32)29(41-20)42-26-14-7-17-16(38-10-39-17)6-13(14)21(22-15(26)8-37-28(22)33)12-4-18(34-2)23(30)19(5-12)35-3/h3*4-7,11,15,20-22,24-27,29-32H,8-10H2,1-3H3/t3*11-,15+,20-,21-,22+,24-,25-,26-,27-,29+/m111/s1/i8D2,9D2,21D;2D3,3D3,9D2;8D2,9D2. The maximum Gasteiger partial charge on any atom is 0.310 e. The predicted molar refractivity (Wildman–Crippen MR) is 415 cm³/mol. The first kappa shape index (κ1) is 67.3. The van der Waals surface area contributed by atoms with Crippen LogP contribution in [-0.2, 0) is 85.4 Å². The molecule has 39 heteroatoms. The Bertz CT molecular complexity index is 5860. The van der Waals surface area contributed by atoms with Gasteiger partial charge < -0.3 is 174 Å². The SMILES string of the molecule is [2H]C([2H])([2H])Oc1cc([C@@H]2c3cc4c(cc3[C@@H](O[C@@H]3O[C@H]5[C@@H](O[C@H](C)OC5([2H])[2H])[C@H](O)[C@H]3O)[C@H]3COC(=O)[C@H]23)OCO4)cc(OC([2H])([2H])[2H])c1O.[2H]C1([2H])OC(=O)[C@@H]2[C@H](c3cc(OC)c(O)c(OC)c3)c3cc4c(cc3[C@@H](O[C@@H]3O[C@H]5[C@@H](O[C@H](C)OC5([2H])[2H])[C@H](O)[C@H]3O)[C@H]21)OCO4.[2H]C1([2H])OC(=O)[C@H]2[C@H]1[C@H](O[C@@H]1O[C@H]3[C@@H](O[C@H](C)OC3([2H])[2H])[C@H](O)[C@H]1O)c1cc3c(cc1[C@@]2([2H])c1cc(OC)c(O)c(OC)c1)OCO3. The average molecular weight is 1780 g/mol. The molecular formula is C87H96O39. The number of carbonyl (C=O) groups excluding carboxylic acids is 3. The van der Waals surface area contributed by atoms with E-state index in [1.54, 1.807) is 24.3 Å². The third kappa shape index (κ3) is 14.8. The molecule has 12 aliphatic heterocycles. The third-order valence-corrected chi connectivity index (χ3v) is 24.5. The van der Waals surface area contributed by atoms with Gasteiger partial charge in [-0.1, -0.05) is 0 Å². The molecule has 9 N–H and O–H groups in total. The van der Waals surface area contributed by atoms with E-state index in [4.69, 9.17) is 150 Å². The Kier molecular flexibility index (Phi) is 18.3. The second-order valence-electron chi connectivity index (χ2n) is 31.5. The van der Waals surface area contributed by atoms with Crippen molar-refractivity contribution in [2.45, 2.75) is 168 Å². The molecule has 0 bridgehead atoms. The Morgan fingerprint density at radius 1 is 0.349 bits per heavy atom. The topological polar surface area (TPSA) is 482 Å². The van der Waals surface area contributed by atoms with Crippen LogP contribution in [0.1, 0.15) is 130 Å². The van der Waals surface area contributed by atoms with Gasteiger partial charge in [-0.15, -0.1) is 0 Å². The van der Waals surface area contributed by atoms with E-state index < -0.39 is 265 Å². The van der Waals surface area contributed by atoms with E-state index in [2.05, 4.69) is 0 Å². The number of hydrogen-bond donors (Lipinski definition) is 9. The molecule has 6 aromatic carbocycles. The predicted octanol–water partition coefficient (Wildman–Crippen LogP) is 4.02. The highest BCUT2D eigenvalue weighted by atomic mass is 16.8. The van der Waals surface area contributed by atoms with E-state index in [0.717, 1.165) is 12.1 Å². The summed E-state index contributed by atoms with van der Waals surface area (Å²) in [5.41, 5.74) is 2.25. The molecule has 21 rings (SSSR count). The fourth-order valence-electron chi connectivity index (χ4n) is 18.7. The highest BCUT2D eigenvalue weighted by Crippen LogP contribution is 2.62. The second kappa shape index (κ2) is 34.2. The van der Waals surface area contributed by atoms with Crippen molar-refractivity contribution in [3.8, 4) is 86.2 Å². The lowest BCUT2D eigenvalue weighted by molar-refractivity contribution is -0.364. The number of carbonyl (C=O) groups is 3. The van der Waals surface area contributed by atoms with Crippen molar-refractivity contribution >= 4 is 17.9 Å². The summed E-state index contributed by atoms with van der Waals surface area (Å²) < 4.78 is 291. The van der Waals surface area contributed by atoms with Crippen LogP contribution in [0.25, 0.3) is 0 Å². The van der Waals surface area contributed by atoms with E-state index in [1.165, 1.54) is 85.6 Å². The van der Waals surface area contributed by atoms with Gasteiger partial charge in [0.2, 0.25) is 37.6 Å². The maximum atomic E-state index is 13.7. The molecule has 0 amide bonds. The fraction of sp³-hybridized carbons (Fsp3) is 0.552. The molecule has 15 aliphatic rings. The zero-order valence-corrected chi connectivity index (χ0v) is 67.3. The molecule has 0 radical (unpaired) electrons. The number of phenolic OH excluding ortho intramolecular Hbond substituents is 3. The first-order valence-electron chi connectivity index (χ1n) is 48.3. The monoisotopic (exact) mass is 1780 g/mol. The summed E-state index contributed by atoms with van der Waals surface area (Å²) in [5, 5.41) is 98.4. The zero-order valence-electron chi connectivity index (χ0n) is 84.3. The highest BCUT2D eigenvalue weighted by Gasteiger charge is 2.61. The van der Waals surface area contributed by atoms with Gasteiger partial charge >= 0.3 is 17.9 Å². The molecule has 9 fully saturated rings. The summed E-state index contributed by atoms with van der Waals surface area (Å²) >= 11 is 0. The summed E-state index contributed by atoms with van der Waals surface area (Å²) in [7, 11) is -0.887. The Hall–Kier alpha value is -9.99. The van der Waals surface area contributed by atoms with Crippen molar-refractivity contribution in [3.63, 3.8) is 0 Å². The molecule has 39 nitrogen and oxygen atoms in total. The number of hydrogen-bond acceptors (Lipinski definition) is 39. The number of ether oxygens (including phenoxy) is 27. The fourth-order valence-corrected chi connectivity index (χ4v) is 18.7. The lowest BCUT2D eigenvalue weighted by Crippen LogP contribution is -2.63. The number of esters is 3. The average Bonchev–Trinajstić information content (AvgIpc) is 1.56. The highest BCUT2D eigenvalue weighted by molar-refractivity contribution is 5.81. The Labute approximate surface area is 742 Å². The van der Waals surface area contributed by atoms with Crippen LogP contribution in [-0.4, -0.2) is 277 Å². The van der Waals surface area contributed by atoms with Gasteiger partial charge in [0.1, 0.15) is 73.2 Å². The van der Waals surface area contributed by atoms with Gasteiger partial charge in [0.25, 0.3) is 0 Å². The summed E-state index contributed by atoms with van der Waals surface area (Å²) in [6, 6.07) is 17.2. The van der Waals surface area contributed by atoms with Crippen LogP contribution in [0, 0.1) is 35.5 Å². The molecule has 0 unspecified atom stereocenters. The minimum atomic E-state index is -3.08. The van der Waals surface area contributed by atoms with E-state index >= 15 is 0 Å². The number of aliphatic hydroxyl groups is 6. The van der Waals surface area contributed by atoms with Crippen molar-refractivity contribution < 1.29 is 212 Å². The number of aliphatic hydroxyl groups excluding tert-OH is 6. The smallest absolute Gasteiger partial charge is 0.310 e. The van der Waals surface area contributed by atoms with Gasteiger partial charge in [0.05, 0.1) is 140 Å². The molecule has 678 valence electrons. The van der Waals surface area contributed by atoms with Crippen LogP contribution >= 0.6 is 0 Å². The number of benzene rings is 6. The first-order valence-corrected chi connectivity index (χ1v) is 39.8. The van der Waals surface area contributed by atoms with E-state index in [1.807, 2.05) is 0 Å². The number of cyclic esters (lactones) is 3. The van der Waals surface area contributed by atoms with Gasteiger partial charge in [-0.2, -0.15) is 0 Å². The third-order valence-electron chi connectivity index (χ3n) is 24.5. The minimum absolute atomic E-state index is 0.0451. The number of fused-ring (bicyclic) bond motifs is 12. The molecule has 0 saturated carbocycles. The quantitative estimate of drug-likeness (QED) is 0.0518. The molecule has 30 atom stereocenters. The molecule has 3 aliphatic carbocycles. The van der Waals surface area contributed by atoms with Crippen LogP contribution in [0.5, 0.6) is 86.2 Å². The second-order valence-corrected chi connectivity index (χ2v) is 31.5. The van der Waals surface area contributed by atoms with Crippen LogP contribution in [0.3, 0.4) is 0 Å². The number of phenols is 3. The summed E-state index contributed by atoms with van der Waals surface area (Å²) in [6.07, 6.45) is -31.4. The number of aromatic hydroxyl groups is 3. The molecular weight excluding hydrogens is 1670 g/mol. The summed E-state index contributed by atoms with van der Waals surface area (Å²) in [6.45, 7) is -9.11. The van der Waals surface area contributed by atoms with Crippen LogP contribution < -0.4 is 56.8 Å². The van der Waals surface area contributed by atoms with Gasteiger partial charge in [-0.05, 0) is 144 Å². The number of rotatable bonds is 15. The minimum Gasteiger partial charge on any atom is -0.502 e. The zero-order chi connectivity index (χ0) is 103. The van der Waals surface area contributed by atoms with Crippen molar-refractivity contribution in [2.24, 2.45) is 35.5 Å². The largest absolute Gasteiger partial charge is 0.502 e. The van der Waals surface area contributed by atoms with Crippen LogP contribution in [0.2, 0.25) is 0 Å². The Balaban J connectivity index is 0.000000136. The van der Waals surface area contributed by atoms with Crippen molar-refractivity contribution in [3.05, 3.63) is 123 Å². The molecule has 12 heterocycles. The van der Waals surface area contributed by atoms with Crippen LogP contribution in [0.4, 0.5) is 0 Å². The lowest BCUT2D eigenvalue weighted by Gasteiger charge is -2.47. The van der Waals surface area contributed by atoms with Crippen molar-refractivity contribution in [1.82, 2.24) is 0 Å². The lowest BCUT2D eigenvalue weighted by atomic mass is 9.66. The Morgan fingerprint density at radius 3 is 1.02 bits per heavy atom. The normalized spacial score (nSPS) is 41.2. The molecule has 126 heavy (non-hydrogen) atoms. The number of methoxy groups -OCH3 is 6. The van der Waals surface area contributed by atoms with Crippen molar-refractivity contribution in [1.29, 1.82) is 0 Å². The summed E-state index contributed by atoms with van der Waals surface area (Å²) in [4.78, 5) is 40.8. The van der Waals surface area contributed by atoms with Gasteiger partial charge in [0, 0.05) is 36.9 Å². The summed E-state index contributed by atoms with van der Waals surface area (Å²) in [5.74, 6) is -15.9. The van der Waals surface area contributed by atoms with Crippen LogP contribution in [0.15, 0.2) is 72.8 Å². The van der Waals surface area contributed by atoms with Gasteiger partial charge in [-0.3, -0.25) is 14.4 Å². The Morgan fingerprint density at radius 2 is 0.651 bits per heavy atom. The van der Waals surface area contributed by atoms with Crippen molar-refractivity contribution in [2.75, 3.05) is 102 Å². The van der Waals surface area contributed by atoms with E-state index in [0.29, 0.717) is 39.3 Å². The van der Waals surface area contributed by atoms with Gasteiger partial charge in [0.15, 0.2) is 107 Å². The van der Waals surface area contributed by atoms with E-state index in [-0.39, 0.29) is 107 Å². The molecule has 9 saturated heterocycles. The molecule has 6 aromatic rings. The maximum absolute atomic E-state index is 13.7. The molecule has 0 aromatic heterocycles. The van der Waals surface area contributed by atoms with Gasteiger partial charge in [-0.25, -0.2) is 0 Å². The first-order chi connectivity index (χ1) is 67.2. The molecule has 0 spiro atoms. The van der Waals surface area contributed by atoms with E-state index in [9.17, 15) is 61.7 Å².